The second-order valence-electron chi connectivity index (χ2n) is 5.02. The van der Waals surface area contributed by atoms with E-state index >= 15 is 0 Å². The molecule has 0 fully saturated rings. The van der Waals surface area contributed by atoms with Crippen LogP contribution in [0.3, 0.4) is 0 Å². The van der Waals surface area contributed by atoms with Gasteiger partial charge in [-0.05, 0) is 55.2 Å². The standard InChI is InChI=1S/C17H20ClN/c1-12-6-4-8-16(13(12)2)11-19-14(3)15-7-5-9-17(18)10-15/h4-10,14,19H,11H2,1-3H3/t14-/m1/s1. The van der Waals surface area contributed by atoms with Gasteiger partial charge in [0.25, 0.3) is 0 Å². The van der Waals surface area contributed by atoms with Crippen LogP contribution in [0.5, 0.6) is 0 Å². The fourth-order valence-corrected chi connectivity index (χ4v) is 2.36. The van der Waals surface area contributed by atoms with Gasteiger partial charge in [0, 0.05) is 17.6 Å². The van der Waals surface area contributed by atoms with Gasteiger partial charge in [-0.2, -0.15) is 0 Å². The summed E-state index contributed by atoms with van der Waals surface area (Å²) in [4.78, 5) is 0. The minimum Gasteiger partial charge on any atom is -0.306 e. The monoisotopic (exact) mass is 273 g/mol. The van der Waals surface area contributed by atoms with Crippen LogP contribution in [-0.4, -0.2) is 0 Å². The smallest absolute Gasteiger partial charge is 0.0409 e. The third kappa shape index (κ3) is 3.59. The van der Waals surface area contributed by atoms with E-state index < -0.39 is 0 Å². The number of benzene rings is 2. The summed E-state index contributed by atoms with van der Waals surface area (Å²) in [6.07, 6.45) is 0. The molecule has 1 nitrogen and oxygen atoms in total. The molecule has 0 bridgehead atoms. The highest BCUT2D eigenvalue weighted by molar-refractivity contribution is 6.30. The zero-order valence-corrected chi connectivity index (χ0v) is 12.5. The third-order valence-corrected chi connectivity index (χ3v) is 3.90. The predicted octanol–water partition coefficient (Wildman–Crippen LogP) is 4.81. The Morgan fingerprint density at radius 2 is 1.84 bits per heavy atom. The number of hydrogen-bond donors (Lipinski definition) is 1. The number of nitrogens with one attached hydrogen (secondary N) is 1. The van der Waals surface area contributed by atoms with Crippen molar-refractivity contribution in [2.45, 2.75) is 33.4 Å². The van der Waals surface area contributed by atoms with Gasteiger partial charge in [0.2, 0.25) is 0 Å². The Hall–Kier alpha value is -1.31. The van der Waals surface area contributed by atoms with Gasteiger partial charge >= 0.3 is 0 Å². The van der Waals surface area contributed by atoms with E-state index in [4.69, 9.17) is 11.6 Å². The molecule has 0 heterocycles. The third-order valence-electron chi connectivity index (χ3n) is 3.66. The summed E-state index contributed by atoms with van der Waals surface area (Å²) < 4.78 is 0. The Kier molecular flexibility index (Phi) is 4.62. The van der Waals surface area contributed by atoms with Crippen molar-refractivity contribution in [1.82, 2.24) is 5.32 Å². The lowest BCUT2D eigenvalue weighted by Crippen LogP contribution is -2.18. The van der Waals surface area contributed by atoms with Gasteiger partial charge in [-0.15, -0.1) is 0 Å². The average Bonchev–Trinajstić information content (AvgIpc) is 2.40. The van der Waals surface area contributed by atoms with Crippen molar-refractivity contribution in [2.75, 3.05) is 0 Å². The largest absolute Gasteiger partial charge is 0.306 e. The Bertz CT molecular complexity index is 563. The van der Waals surface area contributed by atoms with E-state index in [1.54, 1.807) is 0 Å². The van der Waals surface area contributed by atoms with Gasteiger partial charge < -0.3 is 5.32 Å². The van der Waals surface area contributed by atoms with Crippen LogP contribution in [-0.2, 0) is 6.54 Å². The first kappa shape index (κ1) is 14.1. The second kappa shape index (κ2) is 6.23. The van der Waals surface area contributed by atoms with Crippen LogP contribution < -0.4 is 5.32 Å². The molecule has 19 heavy (non-hydrogen) atoms. The zero-order valence-electron chi connectivity index (χ0n) is 11.7. The van der Waals surface area contributed by atoms with Gasteiger partial charge in [0.1, 0.15) is 0 Å². The molecule has 2 aromatic rings. The second-order valence-corrected chi connectivity index (χ2v) is 5.45. The van der Waals surface area contributed by atoms with Crippen LogP contribution in [0.15, 0.2) is 42.5 Å². The van der Waals surface area contributed by atoms with E-state index in [9.17, 15) is 0 Å². The molecule has 2 rings (SSSR count). The topological polar surface area (TPSA) is 12.0 Å². The van der Waals surface area contributed by atoms with Crippen molar-refractivity contribution in [3.63, 3.8) is 0 Å². The van der Waals surface area contributed by atoms with Gasteiger partial charge in [0.05, 0.1) is 0 Å². The van der Waals surface area contributed by atoms with E-state index in [-0.39, 0.29) is 0 Å². The lowest BCUT2D eigenvalue weighted by Gasteiger charge is -2.16. The molecule has 0 aliphatic heterocycles. The van der Waals surface area contributed by atoms with Crippen LogP contribution >= 0.6 is 11.6 Å². The van der Waals surface area contributed by atoms with Crippen LogP contribution in [0.4, 0.5) is 0 Å². The average molecular weight is 274 g/mol. The molecule has 0 spiro atoms. The summed E-state index contributed by atoms with van der Waals surface area (Å²) in [6.45, 7) is 7.37. The lowest BCUT2D eigenvalue weighted by molar-refractivity contribution is 0.573. The van der Waals surface area contributed by atoms with Crippen molar-refractivity contribution in [1.29, 1.82) is 0 Å². The Morgan fingerprint density at radius 3 is 2.58 bits per heavy atom. The van der Waals surface area contributed by atoms with Gasteiger partial charge in [-0.3, -0.25) is 0 Å². The molecule has 0 aliphatic carbocycles. The minimum atomic E-state index is 0.290. The van der Waals surface area contributed by atoms with Crippen LogP contribution in [0.2, 0.25) is 5.02 Å². The number of halogens is 1. The Balaban J connectivity index is 2.04. The van der Waals surface area contributed by atoms with Crippen molar-refractivity contribution >= 4 is 11.6 Å². The van der Waals surface area contributed by atoms with Crippen LogP contribution in [0, 0.1) is 13.8 Å². The van der Waals surface area contributed by atoms with Crippen LogP contribution in [0.25, 0.3) is 0 Å². The Labute approximate surface area is 120 Å². The molecule has 0 aliphatic rings. The quantitative estimate of drug-likeness (QED) is 0.843. The molecule has 0 aromatic heterocycles. The van der Waals surface area contributed by atoms with E-state index in [1.165, 1.54) is 22.3 Å². The summed E-state index contributed by atoms with van der Waals surface area (Å²) in [5.74, 6) is 0. The molecule has 0 saturated heterocycles. The summed E-state index contributed by atoms with van der Waals surface area (Å²) in [5.41, 5.74) is 5.29. The van der Waals surface area contributed by atoms with Gasteiger partial charge in [-0.1, -0.05) is 41.9 Å². The molecular weight excluding hydrogens is 254 g/mol. The Morgan fingerprint density at radius 1 is 1.11 bits per heavy atom. The molecule has 0 radical (unpaired) electrons. The summed E-state index contributed by atoms with van der Waals surface area (Å²) in [7, 11) is 0. The summed E-state index contributed by atoms with van der Waals surface area (Å²) >= 11 is 6.02. The highest BCUT2D eigenvalue weighted by atomic mass is 35.5. The molecule has 2 heteroatoms. The molecule has 1 atom stereocenters. The summed E-state index contributed by atoms with van der Waals surface area (Å²) in [5, 5.41) is 4.34. The first-order valence-electron chi connectivity index (χ1n) is 6.62. The van der Waals surface area contributed by atoms with E-state index in [2.05, 4.69) is 50.4 Å². The van der Waals surface area contributed by atoms with Crippen molar-refractivity contribution in [2.24, 2.45) is 0 Å². The maximum Gasteiger partial charge on any atom is 0.0409 e. The molecule has 1 N–H and O–H groups in total. The molecule has 100 valence electrons. The molecule has 2 aromatic carbocycles. The molecule has 0 saturated carbocycles. The molecule has 0 amide bonds. The normalized spacial score (nSPS) is 12.4. The van der Waals surface area contributed by atoms with Crippen molar-refractivity contribution < 1.29 is 0 Å². The number of aryl methyl sites for hydroxylation is 1. The molecule has 0 unspecified atom stereocenters. The number of hydrogen-bond acceptors (Lipinski definition) is 1. The minimum absolute atomic E-state index is 0.290. The van der Waals surface area contributed by atoms with E-state index in [0.29, 0.717) is 6.04 Å². The first-order valence-corrected chi connectivity index (χ1v) is 6.99. The van der Waals surface area contributed by atoms with Crippen molar-refractivity contribution in [3.05, 3.63) is 69.7 Å². The van der Waals surface area contributed by atoms with Crippen LogP contribution in [0.1, 0.15) is 35.2 Å². The SMILES string of the molecule is Cc1cccc(CN[C@H](C)c2cccc(Cl)c2)c1C. The molecular formula is C17H20ClN. The maximum absolute atomic E-state index is 6.02. The highest BCUT2D eigenvalue weighted by Crippen LogP contribution is 2.19. The number of rotatable bonds is 4. The fraction of sp³-hybridized carbons (Fsp3) is 0.294. The van der Waals surface area contributed by atoms with Crippen molar-refractivity contribution in [3.8, 4) is 0 Å². The van der Waals surface area contributed by atoms with E-state index in [0.717, 1.165) is 11.6 Å². The van der Waals surface area contributed by atoms with E-state index in [1.807, 2.05) is 18.2 Å². The highest BCUT2D eigenvalue weighted by Gasteiger charge is 2.06. The van der Waals surface area contributed by atoms with Gasteiger partial charge in [0.15, 0.2) is 0 Å². The summed E-state index contributed by atoms with van der Waals surface area (Å²) in [6, 6.07) is 14.8. The van der Waals surface area contributed by atoms with Gasteiger partial charge in [-0.25, -0.2) is 0 Å². The fourth-order valence-electron chi connectivity index (χ4n) is 2.16. The predicted molar refractivity (Wildman–Crippen MR) is 82.6 cm³/mol. The first-order chi connectivity index (χ1) is 9.08. The lowest BCUT2D eigenvalue weighted by atomic mass is 10.0. The maximum atomic E-state index is 6.02. The zero-order chi connectivity index (χ0) is 13.8.